The predicted octanol–water partition coefficient (Wildman–Crippen LogP) is 2.40. The fourth-order valence-electron chi connectivity index (χ4n) is 3.15. The Morgan fingerprint density at radius 3 is 2.67 bits per heavy atom. The second-order valence-electron chi connectivity index (χ2n) is 5.98. The molecule has 0 bridgehead atoms. The first-order valence-corrected chi connectivity index (χ1v) is 7.49. The van der Waals surface area contributed by atoms with E-state index in [4.69, 9.17) is 0 Å². The quantitative estimate of drug-likeness (QED) is 0.897. The van der Waals surface area contributed by atoms with E-state index in [2.05, 4.69) is 5.32 Å². The van der Waals surface area contributed by atoms with Crippen LogP contribution in [0.4, 0.5) is 10.5 Å². The number of urea groups is 1. The number of hydrogen-bond acceptors (Lipinski definition) is 2. The molecule has 1 saturated carbocycles. The van der Waals surface area contributed by atoms with E-state index in [-0.39, 0.29) is 12.6 Å². The Morgan fingerprint density at radius 1 is 1.24 bits per heavy atom. The number of aliphatic carboxylic acids is 1. The van der Waals surface area contributed by atoms with Crippen molar-refractivity contribution in [2.75, 3.05) is 18.0 Å². The lowest BCUT2D eigenvalue weighted by Gasteiger charge is -2.38. The minimum atomic E-state index is -0.798. The molecule has 1 aromatic carbocycles. The van der Waals surface area contributed by atoms with Gasteiger partial charge in [0.15, 0.2) is 0 Å². The van der Waals surface area contributed by atoms with E-state index in [1.807, 2.05) is 24.3 Å². The molecule has 21 heavy (non-hydrogen) atoms. The molecule has 3 rings (SSSR count). The lowest BCUT2D eigenvalue weighted by atomic mass is 9.69. The monoisotopic (exact) mass is 288 g/mol. The van der Waals surface area contributed by atoms with Gasteiger partial charge in [-0.05, 0) is 37.3 Å². The molecule has 2 amide bonds. The summed E-state index contributed by atoms with van der Waals surface area (Å²) in [6.45, 7) is 0.906. The zero-order valence-electron chi connectivity index (χ0n) is 12.0. The molecular weight excluding hydrogens is 268 g/mol. The smallest absolute Gasteiger partial charge is 0.321 e. The maximum atomic E-state index is 12.4. The highest BCUT2D eigenvalue weighted by Crippen LogP contribution is 2.40. The van der Waals surface area contributed by atoms with E-state index in [0.29, 0.717) is 19.4 Å². The summed E-state index contributed by atoms with van der Waals surface area (Å²) in [4.78, 5) is 25.4. The SMILES string of the molecule is O=C(NCC1(C(=O)O)CCC1)N1CCCc2ccccc21. The summed E-state index contributed by atoms with van der Waals surface area (Å²) in [5.41, 5.74) is 1.38. The van der Waals surface area contributed by atoms with E-state index in [0.717, 1.165) is 24.9 Å². The van der Waals surface area contributed by atoms with Crippen molar-refractivity contribution in [3.05, 3.63) is 29.8 Å². The molecule has 0 atom stereocenters. The maximum Gasteiger partial charge on any atom is 0.321 e. The lowest BCUT2D eigenvalue weighted by molar-refractivity contribution is -0.153. The van der Waals surface area contributed by atoms with E-state index in [1.165, 1.54) is 5.56 Å². The second kappa shape index (κ2) is 5.39. The molecule has 0 unspecified atom stereocenters. The first-order chi connectivity index (χ1) is 10.1. The van der Waals surface area contributed by atoms with E-state index < -0.39 is 11.4 Å². The third kappa shape index (κ3) is 2.48. The highest BCUT2D eigenvalue weighted by Gasteiger charge is 2.44. The van der Waals surface area contributed by atoms with Crippen LogP contribution in [0.5, 0.6) is 0 Å². The molecule has 1 aliphatic heterocycles. The molecular formula is C16H20N2O3. The van der Waals surface area contributed by atoms with Gasteiger partial charge in [-0.25, -0.2) is 4.79 Å². The minimum Gasteiger partial charge on any atom is -0.481 e. The van der Waals surface area contributed by atoms with Gasteiger partial charge in [-0.15, -0.1) is 0 Å². The average molecular weight is 288 g/mol. The Bertz CT molecular complexity index is 566. The first kappa shape index (κ1) is 13.9. The van der Waals surface area contributed by atoms with Gasteiger partial charge in [-0.1, -0.05) is 24.6 Å². The fourth-order valence-corrected chi connectivity index (χ4v) is 3.15. The van der Waals surface area contributed by atoms with Crippen LogP contribution < -0.4 is 10.2 Å². The number of anilines is 1. The summed E-state index contributed by atoms with van der Waals surface area (Å²) in [6.07, 6.45) is 4.15. The zero-order valence-corrected chi connectivity index (χ0v) is 12.0. The van der Waals surface area contributed by atoms with Crippen molar-refractivity contribution in [1.82, 2.24) is 5.32 Å². The van der Waals surface area contributed by atoms with Crippen molar-refractivity contribution in [3.63, 3.8) is 0 Å². The highest BCUT2D eigenvalue weighted by molar-refractivity contribution is 5.93. The standard InChI is InChI=1S/C16H20N2O3/c19-14(20)16(8-4-9-16)11-17-15(21)18-10-3-6-12-5-1-2-7-13(12)18/h1-2,5,7H,3-4,6,8-11H2,(H,17,21)(H,19,20). The fraction of sp³-hybridized carbons (Fsp3) is 0.500. The molecule has 5 heteroatoms. The van der Waals surface area contributed by atoms with Crippen molar-refractivity contribution in [2.45, 2.75) is 32.1 Å². The summed E-state index contributed by atoms with van der Waals surface area (Å²) in [7, 11) is 0. The Kier molecular flexibility index (Phi) is 3.57. The number of carbonyl (C=O) groups is 2. The van der Waals surface area contributed by atoms with Gasteiger partial charge in [-0.3, -0.25) is 9.69 Å². The number of nitrogens with one attached hydrogen (secondary N) is 1. The summed E-state index contributed by atoms with van der Waals surface area (Å²) in [5, 5.41) is 12.1. The molecule has 0 spiro atoms. The first-order valence-electron chi connectivity index (χ1n) is 7.49. The van der Waals surface area contributed by atoms with E-state index in [1.54, 1.807) is 4.90 Å². The molecule has 1 heterocycles. The third-order valence-corrected chi connectivity index (χ3v) is 4.70. The van der Waals surface area contributed by atoms with Crippen molar-refractivity contribution >= 4 is 17.7 Å². The van der Waals surface area contributed by atoms with E-state index >= 15 is 0 Å². The van der Waals surface area contributed by atoms with E-state index in [9.17, 15) is 14.7 Å². The van der Waals surface area contributed by atoms with Crippen LogP contribution in [0.15, 0.2) is 24.3 Å². The number of para-hydroxylation sites is 1. The number of carboxylic acid groups (broad SMARTS) is 1. The molecule has 2 N–H and O–H groups in total. The molecule has 112 valence electrons. The van der Waals surface area contributed by atoms with Crippen LogP contribution in [0, 0.1) is 5.41 Å². The predicted molar refractivity (Wildman–Crippen MR) is 79.4 cm³/mol. The molecule has 1 aromatic rings. The number of nitrogens with zero attached hydrogens (tertiary/aromatic N) is 1. The van der Waals surface area contributed by atoms with Crippen LogP contribution in [0.3, 0.4) is 0 Å². The van der Waals surface area contributed by atoms with Crippen molar-refractivity contribution in [2.24, 2.45) is 5.41 Å². The van der Waals surface area contributed by atoms with Gasteiger partial charge >= 0.3 is 12.0 Å². The Morgan fingerprint density at radius 2 is 2.00 bits per heavy atom. The largest absolute Gasteiger partial charge is 0.481 e. The number of amides is 2. The van der Waals surface area contributed by atoms with Crippen LogP contribution in [-0.4, -0.2) is 30.2 Å². The van der Waals surface area contributed by atoms with Crippen molar-refractivity contribution in [1.29, 1.82) is 0 Å². The van der Waals surface area contributed by atoms with Gasteiger partial charge in [0.2, 0.25) is 0 Å². The minimum absolute atomic E-state index is 0.185. The zero-order chi connectivity index (χ0) is 14.9. The normalized spacial score (nSPS) is 19.3. The van der Waals surface area contributed by atoms with Gasteiger partial charge in [0.05, 0.1) is 5.41 Å². The second-order valence-corrected chi connectivity index (χ2v) is 5.98. The Balaban J connectivity index is 1.68. The summed E-state index contributed by atoms with van der Waals surface area (Å²) in [6, 6.07) is 7.71. The highest BCUT2D eigenvalue weighted by atomic mass is 16.4. The van der Waals surface area contributed by atoms with Crippen LogP contribution in [0.1, 0.15) is 31.2 Å². The van der Waals surface area contributed by atoms with Crippen LogP contribution >= 0.6 is 0 Å². The Labute approximate surface area is 123 Å². The maximum absolute atomic E-state index is 12.4. The summed E-state index contributed by atoms with van der Waals surface area (Å²) < 4.78 is 0. The molecule has 5 nitrogen and oxygen atoms in total. The number of aryl methyl sites for hydroxylation is 1. The van der Waals surface area contributed by atoms with Gasteiger partial charge in [0, 0.05) is 18.8 Å². The van der Waals surface area contributed by atoms with Crippen molar-refractivity contribution in [3.8, 4) is 0 Å². The summed E-state index contributed by atoms with van der Waals surface area (Å²) >= 11 is 0. The lowest BCUT2D eigenvalue weighted by Crippen LogP contribution is -2.51. The van der Waals surface area contributed by atoms with Crippen LogP contribution in [0.2, 0.25) is 0 Å². The number of benzene rings is 1. The molecule has 0 aromatic heterocycles. The number of carbonyl (C=O) groups excluding carboxylic acids is 1. The van der Waals surface area contributed by atoms with Gasteiger partial charge in [-0.2, -0.15) is 0 Å². The number of rotatable bonds is 3. The Hall–Kier alpha value is -2.04. The van der Waals surface area contributed by atoms with Crippen LogP contribution in [-0.2, 0) is 11.2 Å². The summed E-state index contributed by atoms with van der Waals surface area (Å²) in [5.74, 6) is -0.798. The average Bonchev–Trinajstić information content (AvgIpc) is 2.45. The molecule has 1 fully saturated rings. The number of fused-ring (bicyclic) bond motifs is 1. The topological polar surface area (TPSA) is 69.6 Å². The van der Waals surface area contributed by atoms with Gasteiger partial charge < -0.3 is 10.4 Å². The van der Waals surface area contributed by atoms with Gasteiger partial charge in [0.25, 0.3) is 0 Å². The van der Waals surface area contributed by atoms with Crippen molar-refractivity contribution < 1.29 is 14.7 Å². The number of carboxylic acids is 1. The molecule has 0 radical (unpaired) electrons. The third-order valence-electron chi connectivity index (χ3n) is 4.70. The van der Waals surface area contributed by atoms with Gasteiger partial charge in [0.1, 0.15) is 0 Å². The molecule has 1 aliphatic carbocycles. The molecule has 2 aliphatic rings. The number of hydrogen-bond donors (Lipinski definition) is 2. The molecule has 0 saturated heterocycles. The van der Waals surface area contributed by atoms with Crippen LogP contribution in [0.25, 0.3) is 0 Å².